The Labute approximate surface area is 80.6 Å². The van der Waals surface area contributed by atoms with E-state index in [-0.39, 0.29) is 0 Å². The first-order chi connectivity index (χ1) is 6.92. The summed E-state index contributed by atoms with van der Waals surface area (Å²) in [6.45, 7) is 2.70. The predicted molar refractivity (Wildman–Crippen MR) is 47.8 cm³/mol. The maximum Gasteiger partial charge on any atom is 0.199 e. The zero-order chi connectivity index (χ0) is 9.80. The zero-order valence-electron chi connectivity index (χ0n) is 7.58. The van der Waals surface area contributed by atoms with Crippen LogP contribution >= 0.6 is 0 Å². The first-order valence-electron chi connectivity index (χ1n) is 4.15. The van der Waals surface area contributed by atoms with Crippen molar-refractivity contribution in [1.29, 1.82) is 0 Å². The average Bonchev–Trinajstić information content (AvgIpc) is 2.74. The molecule has 0 saturated carbocycles. The molecular weight excluding hydrogens is 182 g/mol. The minimum atomic E-state index is 0.625. The molecule has 0 aliphatic rings. The van der Waals surface area contributed by atoms with Gasteiger partial charge in [-0.25, -0.2) is 9.97 Å². The Morgan fingerprint density at radius 1 is 1.50 bits per heavy atom. The third-order valence-corrected chi connectivity index (χ3v) is 1.74. The van der Waals surface area contributed by atoms with E-state index in [1.54, 1.807) is 12.3 Å². The summed E-state index contributed by atoms with van der Waals surface area (Å²) in [6.07, 6.45) is 5.60. The summed E-state index contributed by atoms with van der Waals surface area (Å²) >= 11 is 0. The van der Waals surface area contributed by atoms with Crippen LogP contribution in [0.3, 0.4) is 0 Å². The quantitative estimate of drug-likeness (QED) is 0.713. The van der Waals surface area contributed by atoms with E-state index in [4.69, 9.17) is 0 Å². The Morgan fingerprint density at radius 3 is 3.00 bits per heavy atom. The molecule has 0 fully saturated rings. The Bertz CT molecular complexity index is 374. The molecule has 71 valence electrons. The van der Waals surface area contributed by atoms with E-state index in [9.17, 15) is 0 Å². The second-order valence-corrected chi connectivity index (χ2v) is 2.52. The summed E-state index contributed by atoms with van der Waals surface area (Å²) in [5.41, 5.74) is 0. The molecule has 2 aromatic heterocycles. The Morgan fingerprint density at radius 2 is 2.43 bits per heavy atom. The molecule has 6 heteroatoms. The second kappa shape index (κ2) is 3.82. The van der Waals surface area contributed by atoms with E-state index in [0.717, 1.165) is 12.4 Å². The maximum atomic E-state index is 4.66. The lowest BCUT2D eigenvalue weighted by Gasteiger charge is -2.16. The molecule has 2 heterocycles. The summed E-state index contributed by atoms with van der Waals surface area (Å²) in [5, 5.41) is 7.20. The summed E-state index contributed by atoms with van der Waals surface area (Å²) < 4.78 is 4.66. The predicted octanol–water partition coefficient (Wildman–Crippen LogP) is 0.818. The largest absolute Gasteiger partial charge is 0.343 e. The molecule has 6 nitrogen and oxygen atoms in total. The van der Waals surface area contributed by atoms with Crippen molar-refractivity contribution in [1.82, 2.24) is 20.3 Å². The van der Waals surface area contributed by atoms with E-state index < -0.39 is 0 Å². The van der Waals surface area contributed by atoms with Crippen molar-refractivity contribution >= 4 is 11.6 Å². The van der Waals surface area contributed by atoms with Crippen molar-refractivity contribution < 1.29 is 4.52 Å². The van der Waals surface area contributed by atoms with Crippen molar-refractivity contribution in [2.45, 2.75) is 6.92 Å². The molecule has 2 aromatic rings. The normalized spacial score (nSPS) is 10.1. The summed E-state index contributed by atoms with van der Waals surface area (Å²) in [4.78, 5) is 9.55. The van der Waals surface area contributed by atoms with Crippen LogP contribution in [0.4, 0.5) is 11.6 Å². The summed E-state index contributed by atoms with van der Waals surface area (Å²) in [5.74, 6) is 1.35. The Hall–Kier alpha value is -1.98. The van der Waals surface area contributed by atoms with Gasteiger partial charge in [0.05, 0.1) is 0 Å². The van der Waals surface area contributed by atoms with Gasteiger partial charge in [-0.15, -0.1) is 0 Å². The minimum absolute atomic E-state index is 0.625. The first-order valence-corrected chi connectivity index (χ1v) is 4.15. The fourth-order valence-corrected chi connectivity index (χ4v) is 1.12. The minimum Gasteiger partial charge on any atom is -0.343 e. The van der Waals surface area contributed by atoms with Gasteiger partial charge in [0.2, 0.25) is 0 Å². The molecule has 2 rings (SSSR count). The monoisotopic (exact) mass is 190 g/mol. The fourth-order valence-electron chi connectivity index (χ4n) is 1.12. The molecule has 0 amide bonds. The molecular formula is C8H8N5O. The molecule has 0 N–H and O–H groups in total. The van der Waals surface area contributed by atoms with Gasteiger partial charge in [-0.2, -0.15) is 0 Å². The van der Waals surface area contributed by atoms with Gasteiger partial charge in [0.15, 0.2) is 18.4 Å². The van der Waals surface area contributed by atoms with Crippen molar-refractivity contribution in [3.8, 4) is 0 Å². The van der Waals surface area contributed by atoms with E-state index >= 15 is 0 Å². The summed E-state index contributed by atoms with van der Waals surface area (Å²) in [6, 6.07) is 1.77. The average molecular weight is 190 g/mol. The van der Waals surface area contributed by atoms with Gasteiger partial charge >= 0.3 is 0 Å². The van der Waals surface area contributed by atoms with Gasteiger partial charge < -0.3 is 9.42 Å². The van der Waals surface area contributed by atoms with Crippen LogP contribution < -0.4 is 4.90 Å². The zero-order valence-corrected chi connectivity index (χ0v) is 7.58. The second-order valence-electron chi connectivity index (χ2n) is 2.52. The van der Waals surface area contributed by atoms with Crippen LogP contribution in [0.5, 0.6) is 0 Å². The number of rotatable bonds is 3. The topological polar surface area (TPSA) is 67.9 Å². The number of aromatic nitrogens is 4. The lowest BCUT2D eigenvalue weighted by molar-refractivity contribution is 0.393. The molecule has 0 unspecified atom stereocenters. The molecule has 1 radical (unpaired) electrons. The van der Waals surface area contributed by atoms with Crippen molar-refractivity contribution in [2.24, 2.45) is 0 Å². The molecule has 0 aliphatic carbocycles. The van der Waals surface area contributed by atoms with Gasteiger partial charge in [0.25, 0.3) is 0 Å². The Kier molecular flexibility index (Phi) is 2.35. The van der Waals surface area contributed by atoms with Crippen LogP contribution in [0, 0.1) is 6.33 Å². The van der Waals surface area contributed by atoms with Gasteiger partial charge in [0.1, 0.15) is 5.82 Å². The van der Waals surface area contributed by atoms with Crippen LogP contribution in [0.1, 0.15) is 6.92 Å². The number of nitrogens with zero attached hydrogens (tertiary/aromatic N) is 5. The van der Waals surface area contributed by atoms with Gasteiger partial charge in [-0.1, -0.05) is 5.10 Å². The van der Waals surface area contributed by atoms with Crippen LogP contribution in [-0.4, -0.2) is 26.9 Å². The highest BCUT2D eigenvalue weighted by molar-refractivity contribution is 5.52. The standard InChI is InChI=1S/C8H8N5O/c1-2-13(8-5-14-12-11-8)7-3-4-9-6-10-7/h3-5H,2H2,1H3. The highest BCUT2D eigenvalue weighted by atomic mass is 16.5. The van der Waals surface area contributed by atoms with E-state index in [2.05, 4.69) is 31.2 Å². The lowest BCUT2D eigenvalue weighted by atomic mass is 10.4. The third kappa shape index (κ3) is 1.54. The number of anilines is 2. The van der Waals surface area contributed by atoms with Crippen LogP contribution in [0.15, 0.2) is 23.0 Å². The lowest BCUT2D eigenvalue weighted by Crippen LogP contribution is -2.17. The fraction of sp³-hybridized carbons (Fsp3) is 0.250. The Balaban J connectivity index is 2.31. The van der Waals surface area contributed by atoms with Crippen molar-refractivity contribution in [3.05, 3.63) is 24.9 Å². The van der Waals surface area contributed by atoms with E-state index in [0.29, 0.717) is 5.82 Å². The van der Waals surface area contributed by atoms with Crippen molar-refractivity contribution in [3.63, 3.8) is 0 Å². The van der Waals surface area contributed by atoms with Crippen LogP contribution in [0.25, 0.3) is 0 Å². The van der Waals surface area contributed by atoms with E-state index in [1.165, 1.54) is 6.26 Å². The molecule has 0 aromatic carbocycles. The molecule has 0 aliphatic heterocycles. The maximum absolute atomic E-state index is 4.66. The van der Waals surface area contributed by atoms with Crippen molar-refractivity contribution in [2.75, 3.05) is 11.4 Å². The third-order valence-electron chi connectivity index (χ3n) is 1.74. The van der Waals surface area contributed by atoms with Crippen LogP contribution in [0.2, 0.25) is 0 Å². The van der Waals surface area contributed by atoms with Gasteiger partial charge in [-0.05, 0) is 13.0 Å². The molecule has 0 atom stereocenters. The molecule has 0 spiro atoms. The first kappa shape index (κ1) is 8.61. The SMILES string of the molecule is CCN(c1ccn[c]n1)c1conn1. The van der Waals surface area contributed by atoms with Gasteiger partial charge in [0, 0.05) is 18.0 Å². The molecule has 0 saturated heterocycles. The van der Waals surface area contributed by atoms with Gasteiger partial charge in [-0.3, -0.25) is 0 Å². The highest BCUT2D eigenvalue weighted by Crippen LogP contribution is 2.18. The summed E-state index contributed by atoms with van der Waals surface area (Å²) in [7, 11) is 0. The smallest absolute Gasteiger partial charge is 0.199 e. The number of hydrogen-bond donors (Lipinski definition) is 0. The van der Waals surface area contributed by atoms with Crippen LogP contribution in [-0.2, 0) is 0 Å². The highest BCUT2D eigenvalue weighted by Gasteiger charge is 2.11. The number of hydrogen-bond acceptors (Lipinski definition) is 6. The molecule has 0 bridgehead atoms. The molecule has 14 heavy (non-hydrogen) atoms. The van der Waals surface area contributed by atoms with E-state index in [1.807, 2.05) is 11.8 Å².